The summed E-state index contributed by atoms with van der Waals surface area (Å²) in [6.07, 6.45) is 2.53. The lowest BCUT2D eigenvalue weighted by molar-refractivity contribution is -0.120. The number of carbonyl (C=O) groups is 2. The van der Waals surface area contributed by atoms with E-state index >= 15 is 0 Å². The number of carbonyl (C=O) groups excluding carboxylic acids is 2. The van der Waals surface area contributed by atoms with E-state index in [2.05, 4.69) is 10.3 Å². The molecule has 1 unspecified atom stereocenters. The van der Waals surface area contributed by atoms with Crippen LogP contribution in [-0.2, 0) is 16.0 Å². The van der Waals surface area contributed by atoms with Crippen LogP contribution in [0.1, 0.15) is 44.1 Å². The number of aromatic nitrogens is 1. The third kappa shape index (κ3) is 5.50. The molecule has 0 spiro atoms. The lowest BCUT2D eigenvalue weighted by atomic mass is 10.1. The van der Waals surface area contributed by atoms with Crippen molar-refractivity contribution in [1.29, 1.82) is 0 Å². The van der Waals surface area contributed by atoms with Gasteiger partial charge in [-0.3, -0.25) is 9.69 Å². The maximum Gasteiger partial charge on any atom is 0.410 e. The van der Waals surface area contributed by atoms with Gasteiger partial charge in [-0.25, -0.2) is 18.6 Å². The third-order valence-corrected chi connectivity index (χ3v) is 5.26. The van der Waals surface area contributed by atoms with Gasteiger partial charge in [-0.15, -0.1) is 11.3 Å². The molecule has 2 heterocycles. The Bertz CT molecular complexity index is 911. The van der Waals surface area contributed by atoms with Gasteiger partial charge in [0.05, 0.1) is 0 Å². The largest absolute Gasteiger partial charge is 0.444 e. The summed E-state index contributed by atoms with van der Waals surface area (Å²) in [5.41, 5.74) is -0.291. The highest BCUT2D eigenvalue weighted by atomic mass is 32.1. The second-order valence-electron chi connectivity index (χ2n) is 7.87. The Morgan fingerprint density at radius 2 is 2.10 bits per heavy atom. The van der Waals surface area contributed by atoms with Gasteiger partial charge in [-0.2, -0.15) is 0 Å². The van der Waals surface area contributed by atoms with Gasteiger partial charge in [-0.05, 0) is 45.2 Å². The highest BCUT2D eigenvalue weighted by Gasteiger charge is 2.36. The molecule has 1 aromatic heterocycles. The summed E-state index contributed by atoms with van der Waals surface area (Å²) in [4.78, 5) is 31.3. The quantitative estimate of drug-likeness (QED) is 0.794. The maximum absolute atomic E-state index is 13.8. The number of nitrogens with zero attached hydrogens (tertiary/aromatic N) is 2. The molecule has 29 heavy (non-hydrogen) atoms. The first-order valence-electron chi connectivity index (χ1n) is 9.31. The maximum atomic E-state index is 13.8. The average Bonchev–Trinajstić information content (AvgIpc) is 3.25. The number of hydrogen-bond acceptors (Lipinski definition) is 5. The molecule has 2 aromatic rings. The molecule has 3 rings (SSSR count). The molecule has 0 radical (unpaired) electrons. The van der Waals surface area contributed by atoms with Gasteiger partial charge in [0.1, 0.15) is 23.3 Å². The van der Waals surface area contributed by atoms with E-state index in [0.717, 1.165) is 10.9 Å². The minimum Gasteiger partial charge on any atom is -0.444 e. The summed E-state index contributed by atoms with van der Waals surface area (Å²) in [5.74, 6) is -1.58. The van der Waals surface area contributed by atoms with Gasteiger partial charge in [0.25, 0.3) is 0 Å². The Balaban J connectivity index is 1.63. The van der Waals surface area contributed by atoms with E-state index in [9.17, 15) is 18.4 Å². The summed E-state index contributed by atoms with van der Waals surface area (Å²) in [6, 6.07) is 2.81. The third-order valence-electron chi connectivity index (χ3n) is 4.35. The molecule has 0 saturated carbocycles. The van der Waals surface area contributed by atoms with Crippen LogP contribution < -0.4 is 5.32 Å². The zero-order valence-corrected chi connectivity index (χ0v) is 17.3. The fourth-order valence-electron chi connectivity index (χ4n) is 3.07. The summed E-state index contributed by atoms with van der Waals surface area (Å²) < 4.78 is 32.2. The number of likely N-dealkylation sites (tertiary alicyclic amines) is 1. The van der Waals surface area contributed by atoms with E-state index < -0.39 is 29.4 Å². The highest BCUT2D eigenvalue weighted by molar-refractivity contribution is 7.15. The predicted molar refractivity (Wildman–Crippen MR) is 106 cm³/mol. The molecule has 1 saturated heterocycles. The molecule has 1 N–H and O–H groups in total. The molecule has 1 atom stereocenters. The van der Waals surface area contributed by atoms with Crippen LogP contribution in [0.3, 0.4) is 0 Å². The van der Waals surface area contributed by atoms with Crippen LogP contribution in [0.2, 0.25) is 0 Å². The number of rotatable bonds is 4. The number of anilines is 1. The van der Waals surface area contributed by atoms with E-state index in [1.807, 2.05) is 0 Å². The molecule has 156 valence electrons. The van der Waals surface area contributed by atoms with E-state index in [1.165, 1.54) is 28.4 Å². The lowest BCUT2D eigenvalue weighted by Crippen LogP contribution is -2.45. The molecule has 1 aliphatic heterocycles. The van der Waals surface area contributed by atoms with Crippen LogP contribution in [0.4, 0.5) is 18.7 Å². The van der Waals surface area contributed by atoms with Crippen molar-refractivity contribution in [3.8, 4) is 0 Å². The fraction of sp³-hybridized carbons (Fsp3) is 0.450. The molecule has 2 amide bonds. The second-order valence-corrected chi connectivity index (χ2v) is 8.98. The average molecular weight is 423 g/mol. The first-order valence-corrected chi connectivity index (χ1v) is 10.1. The first-order chi connectivity index (χ1) is 13.6. The standard InChI is InChI=1S/C20H23F2N3O3S/c1-20(2,3)28-19(27)25-8-4-5-16(25)17(26)24-18-23-11-14(29-18)9-12-6-7-13(21)10-15(12)22/h6-7,10-11,16H,4-5,8-9H2,1-3H3,(H,23,24,26). The predicted octanol–water partition coefficient (Wildman–Crippen LogP) is 4.35. The minimum absolute atomic E-state index is 0.243. The van der Waals surface area contributed by atoms with E-state index in [0.29, 0.717) is 30.1 Å². The van der Waals surface area contributed by atoms with Crippen molar-refractivity contribution in [2.75, 3.05) is 11.9 Å². The van der Waals surface area contributed by atoms with E-state index in [4.69, 9.17) is 4.74 Å². The van der Waals surface area contributed by atoms with E-state index in [-0.39, 0.29) is 12.3 Å². The molecule has 0 bridgehead atoms. The monoisotopic (exact) mass is 423 g/mol. The molecular formula is C20H23F2N3O3S. The van der Waals surface area contributed by atoms with Gasteiger partial charge in [0, 0.05) is 30.1 Å². The van der Waals surface area contributed by atoms with Gasteiger partial charge in [-0.1, -0.05) is 6.07 Å². The normalized spacial score (nSPS) is 16.7. The number of ether oxygens (including phenoxy) is 1. The van der Waals surface area contributed by atoms with Crippen molar-refractivity contribution in [2.24, 2.45) is 0 Å². The van der Waals surface area contributed by atoms with Crippen molar-refractivity contribution in [3.05, 3.63) is 46.5 Å². The van der Waals surface area contributed by atoms with Crippen LogP contribution in [0.5, 0.6) is 0 Å². The number of amides is 2. The molecular weight excluding hydrogens is 400 g/mol. The zero-order chi connectivity index (χ0) is 21.2. The smallest absolute Gasteiger partial charge is 0.410 e. The van der Waals surface area contributed by atoms with Crippen LogP contribution in [0, 0.1) is 11.6 Å². The molecule has 1 fully saturated rings. The number of halogens is 2. The second kappa shape index (κ2) is 8.44. The number of benzene rings is 1. The minimum atomic E-state index is -0.638. The Morgan fingerprint density at radius 3 is 2.79 bits per heavy atom. The topological polar surface area (TPSA) is 71.5 Å². The number of thiazole rings is 1. The Labute approximate surface area is 171 Å². The Kier molecular flexibility index (Phi) is 6.16. The van der Waals surface area contributed by atoms with Gasteiger partial charge in [0.15, 0.2) is 5.13 Å². The Morgan fingerprint density at radius 1 is 1.34 bits per heavy atom. The van der Waals surface area contributed by atoms with Gasteiger partial charge in [0.2, 0.25) is 5.91 Å². The summed E-state index contributed by atoms with van der Waals surface area (Å²) in [7, 11) is 0. The Hall–Kier alpha value is -2.55. The summed E-state index contributed by atoms with van der Waals surface area (Å²) in [6.45, 7) is 5.78. The number of hydrogen-bond donors (Lipinski definition) is 1. The fourth-order valence-corrected chi connectivity index (χ4v) is 3.91. The molecule has 9 heteroatoms. The van der Waals surface area contributed by atoms with Gasteiger partial charge >= 0.3 is 6.09 Å². The van der Waals surface area contributed by atoms with Gasteiger partial charge < -0.3 is 10.1 Å². The van der Waals surface area contributed by atoms with Crippen molar-refractivity contribution in [3.63, 3.8) is 0 Å². The lowest BCUT2D eigenvalue weighted by Gasteiger charge is -2.27. The number of nitrogens with one attached hydrogen (secondary N) is 1. The SMILES string of the molecule is CC(C)(C)OC(=O)N1CCCC1C(=O)Nc1ncc(Cc2ccc(F)cc2F)s1. The summed E-state index contributed by atoms with van der Waals surface area (Å²) >= 11 is 1.21. The van der Waals surface area contributed by atoms with Crippen molar-refractivity contribution >= 4 is 28.5 Å². The van der Waals surface area contributed by atoms with Crippen LogP contribution in [-0.4, -0.2) is 40.1 Å². The van der Waals surface area contributed by atoms with E-state index in [1.54, 1.807) is 27.0 Å². The zero-order valence-electron chi connectivity index (χ0n) is 16.5. The van der Waals surface area contributed by atoms with Crippen LogP contribution in [0.15, 0.2) is 24.4 Å². The summed E-state index contributed by atoms with van der Waals surface area (Å²) in [5, 5.41) is 3.09. The van der Waals surface area contributed by atoms with Crippen molar-refractivity contribution in [2.45, 2.75) is 51.7 Å². The first kappa shape index (κ1) is 21.2. The van der Waals surface area contributed by atoms with Crippen molar-refractivity contribution < 1.29 is 23.1 Å². The molecule has 0 aliphatic carbocycles. The highest BCUT2D eigenvalue weighted by Crippen LogP contribution is 2.25. The molecule has 1 aliphatic rings. The van der Waals surface area contributed by atoms with Crippen LogP contribution in [0.25, 0.3) is 0 Å². The van der Waals surface area contributed by atoms with Crippen molar-refractivity contribution in [1.82, 2.24) is 9.88 Å². The molecule has 1 aromatic carbocycles. The molecule has 6 nitrogen and oxygen atoms in total. The van der Waals surface area contributed by atoms with Crippen LogP contribution >= 0.6 is 11.3 Å².